The Labute approximate surface area is 66.7 Å². The molecule has 0 N–H and O–H groups in total. The molecule has 0 aromatic heterocycles. The fourth-order valence-electron chi connectivity index (χ4n) is 0.477. The molecule has 0 amide bonds. The van der Waals surface area contributed by atoms with Crippen molar-refractivity contribution in [2.75, 3.05) is 0 Å². The second-order valence-corrected chi connectivity index (χ2v) is 3.00. The predicted octanol–water partition coefficient (Wildman–Crippen LogP) is 1.14. The van der Waals surface area contributed by atoms with Gasteiger partial charge < -0.3 is 0 Å². The molecule has 0 atom stereocenters. The van der Waals surface area contributed by atoms with Crippen LogP contribution in [0.3, 0.4) is 0 Å². The molecule has 1 aromatic carbocycles. The fraction of sp³-hybridized carbons (Fsp3) is 0. The molecule has 0 heterocycles. The summed E-state index contributed by atoms with van der Waals surface area (Å²) >= 11 is 1.02. The molecule has 0 unspecified atom stereocenters. The van der Waals surface area contributed by atoms with Crippen molar-refractivity contribution in [3.05, 3.63) is 29.8 Å². The van der Waals surface area contributed by atoms with E-state index >= 15 is 0 Å². The number of rotatable bonds is 0. The Balaban J connectivity index is 3.25. The molecular formula is C6H3AtF2. The first kappa shape index (κ1) is 7.07. The number of hydrogen-bond donors (Lipinski definition) is 0. The Morgan fingerprint density at radius 1 is 1.11 bits per heavy atom. The summed E-state index contributed by atoms with van der Waals surface area (Å²) in [5.74, 6) is -0.932. The molecular weight excluding hydrogens is 320 g/mol. The standard InChI is InChI=1S/C6H3AtF2/c7-6-4(8)2-1-3-5(6)9/h1-3H. The Hall–Kier alpha value is -0.0369. The van der Waals surface area contributed by atoms with Crippen molar-refractivity contribution in [1.82, 2.24) is 0 Å². The monoisotopic (exact) mass is 323 g/mol. The van der Waals surface area contributed by atoms with E-state index in [1.807, 2.05) is 0 Å². The maximum absolute atomic E-state index is 12.4. The second-order valence-electron chi connectivity index (χ2n) is 1.54. The molecule has 0 fully saturated rings. The molecule has 0 saturated heterocycles. The summed E-state index contributed by atoms with van der Waals surface area (Å²) in [7, 11) is 0. The number of hydrogen-bond acceptors (Lipinski definition) is 0. The molecule has 3 heteroatoms. The third kappa shape index (κ3) is 1.45. The van der Waals surface area contributed by atoms with Crippen molar-refractivity contribution in [2.24, 2.45) is 0 Å². The zero-order valence-corrected chi connectivity index (χ0v) is 7.30. The zero-order valence-electron chi connectivity index (χ0n) is 4.37. The average Bonchev–Trinajstić information content (AvgIpc) is 1.83. The molecule has 0 nitrogen and oxygen atoms in total. The van der Waals surface area contributed by atoms with Gasteiger partial charge in [0.1, 0.15) is 0 Å². The van der Waals surface area contributed by atoms with Gasteiger partial charge in [-0.1, -0.05) is 0 Å². The zero-order chi connectivity index (χ0) is 6.85. The first-order valence-corrected chi connectivity index (χ1v) is 3.78. The van der Waals surface area contributed by atoms with Crippen molar-refractivity contribution < 1.29 is 33.5 Å². The van der Waals surface area contributed by atoms with Crippen molar-refractivity contribution in [3.63, 3.8) is 0 Å². The van der Waals surface area contributed by atoms with Crippen LogP contribution < -0.4 is 3.27 Å². The van der Waals surface area contributed by atoms with E-state index in [4.69, 9.17) is 0 Å². The van der Waals surface area contributed by atoms with E-state index in [1.54, 1.807) is 0 Å². The van der Waals surface area contributed by atoms with E-state index in [1.165, 1.54) is 18.2 Å². The Morgan fingerprint density at radius 3 is 1.89 bits per heavy atom. The molecule has 48 valence electrons. The van der Waals surface area contributed by atoms with Gasteiger partial charge in [0.15, 0.2) is 0 Å². The first-order chi connectivity index (χ1) is 4.22. The van der Waals surface area contributed by atoms with Crippen LogP contribution in [0.15, 0.2) is 18.2 Å². The molecule has 0 aliphatic carbocycles. The van der Waals surface area contributed by atoms with Crippen LogP contribution in [0, 0.1) is 36.4 Å². The van der Waals surface area contributed by atoms with Crippen molar-refractivity contribution in [2.45, 2.75) is 0 Å². The van der Waals surface area contributed by atoms with Gasteiger partial charge in [-0.05, 0) is 0 Å². The number of benzene rings is 1. The summed E-state index contributed by atoms with van der Waals surface area (Å²) in [5.41, 5.74) is 0. The van der Waals surface area contributed by atoms with E-state index < -0.39 is 11.6 Å². The minimum absolute atomic E-state index is 0.137. The summed E-state index contributed by atoms with van der Waals surface area (Å²) < 4.78 is 24.8. The first-order valence-electron chi connectivity index (χ1n) is 2.31. The van der Waals surface area contributed by atoms with Gasteiger partial charge in [0, 0.05) is 0 Å². The van der Waals surface area contributed by atoms with Gasteiger partial charge in [-0.15, -0.1) is 0 Å². The SMILES string of the molecule is Fc1cccc(F)c1[At]. The van der Waals surface area contributed by atoms with Gasteiger partial charge in [-0.2, -0.15) is 0 Å². The maximum atomic E-state index is 12.4. The molecule has 1 rings (SSSR count). The van der Waals surface area contributed by atoms with Crippen LogP contribution in [0.5, 0.6) is 0 Å². The van der Waals surface area contributed by atoms with Gasteiger partial charge in [0.05, 0.1) is 0 Å². The number of halogens is 2. The van der Waals surface area contributed by atoms with Gasteiger partial charge >= 0.3 is 66.6 Å². The van der Waals surface area contributed by atoms with Crippen molar-refractivity contribution in [3.8, 4) is 0 Å². The molecule has 1 aromatic rings. The molecule has 0 radical (unpaired) electrons. The fourth-order valence-corrected chi connectivity index (χ4v) is 0.967. The Morgan fingerprint density at radius 2 is 1.56 bits per heavy atom. The van der Waals surface area contributed by atoms with E-state index in [2.05, 4.69) is 0 Å². The van der Waals surface area contributed by atoms with Gasteiger partial charge in [-0.25, -0.2) is 0 Å². The summed E-state index contributed by atoms with van der Waals surface area (Å²) in [4.78, 5) is 0. The summed E-state index contributed by atoms with van der Waals surface area (Å²) in [5, 5.41) is 0. The molecule has 9 heavy (non-hydrogen) atoms. The van der Waals surface area contributed by atoms with Crippen LogP contribution in [0.4, 0.5) is 8.78 Å². The van der Waals surface area contributed by atoms with E-state index in [9.17, 15) is 8.78 Å². The van der Waals surface area contributed by atoms with E-state index in [-0.39, 0.29) is 3.27 Å². The van der Waals surface area contributed by atoms with Crippen LogP contribution in [-0.4, -0.2) is 0 Å². The summed E-state index contributed by atoms with van der Waals surface area (Å²) in [6, 6.07) is 3.85. The van der Waals surface area contributed by atoms with E-state index in [0.29, 0.717) is 0 Å². The second kappa shape index (κ2) is 2.70. The van der Waals surface area contributed by atoms with Crippen LogP contribution in [-0.2, 0) is 0 Å². The minimum atomic E-state index is -0.466. The molecule has 0 spiro atoms. The molecule has 0 aliphatic rings. The molecule has 0 aliphatic heterocycles. The summed E-state index contributed by atoms with van der Waals surface area (Å²) in [6.07, 6.45) is 0. The average molecular weight is 323 g/mol. The van der Waals surface area contributed by atoms with Crippen LogP contribution in [0.1, 0.15) is 0 Å². The quantitative estimate of drug-likeness (QED) is 0.672. The van der Waals surface area contributed by atoms with Crippen LogP contribution >= 0.6 is 0 Å². The van der Waals surface area contributed by atoms with Gasteiger partial charge in [0.2, 0.25) is 0 Å². The normalized spacial score (nSPS) is 9.67. The van der Waals surface area contributed by atoms with Crippen molar-refractivity contribution >= 4 is 3.27 Å². The van der Waals surface area contributed by atoms with Crippen molar-refractivity contribution in [1.29, 1.82) is 0 Å². The Bertz CT molecular complexity index is 202. The van der Waals surface area contributed by atoms with Crippen LogP contribution in [0.25, 0.3) is 0 Å². The van der Waals surface area contributed by atoms with Crippen LogP contribution in [0.2, 0.25) is 0 Å². The van der Waals surface area contributed by atoms with Gasteiger partial charge in [-0.3, -0.25) is 0 Å². The Kier molecular flexibility index (Phi) is 2.12. The van der Waals surface area contributed by atoms with Gasteiger partial charge in [0.25, 0.3) is 0 Å². The third-order valence-electron chi connectivity index (χ3n) is 0.904. The van der Waals surface area contributed by atoms with E-state index in [0.717, 1.165) is 24.7 Å². The molecule has 0 saturated carbocycles. The topological polar surface area (TPSA) is 0 Å². The third-order valence-corrected chi connectivity index (χ3v) is 2.31. The predicted molar refractivity (Wildman–Crippen MR) is 26.0 cm³/mol. The summed E-state index contributed by atoms with van der Waals surface area (Å²) in [6.45, 7) is 0. The molecule has 0 bridgehead atoms.